The van der Waals surface area contributed by atoms with Gasteiger partial charge in [-0.2, -0.15) is 0 Å². The van der Waals surface area contributed by atoms with E-state index in [1.54, 1.807) is 43.9 Å². The first-order chi connectivity index (χ1) is 17.5. The molecular formula is C26H32BrCl2N2O5P. The van der Waals surface area contributed by atoms with Crippen molar-refractivity contribution in [2.75, 3.05) is 30.8 Å². The maximum Gasteiger partial charge on any atom is 0.332 e. The summed E-state index contributed by atoms with van der Waals surface area (Å²) in [5.41, 5.74) is 0.162. The number of halogens is 3. The molecule has 1 aliphatic heterocycles. The maximum absolute atomic E-state index is 13.8. The summed E-state index contributed by atoms with van der Waals surface area (Å²) in [6.07, 6.45) is 2.59. The van der Waals surface area contributed by atoms with Crippen molar-refractivity contribution in [1.29, 1.82) is 0 Å². The van der Waals surface area contributed by atoms with Crippen LogP contribution in [-0.4, -0.2) is 48.3 Å². The van der Waals surface area contributed by atoms with E-state index in [1.807, 2.05) is 24.3 Å². The third-order valence-corrected chi connectivity index (χ3v) is 9.35. The fourth-order valence-corrected chi connectivity index (χ4v) is 7.01. The smallest absolute Gasteiger partial charge is 0.309 e. The van der Waals surface area contributed by atoms with Crippen LogP contribution in [0.15, 0.2) is 46.9 Å². The standard InChI is InChI=1S/C26H32BrCl2N2O5P/c1-4-35-37(34,36-5-2)14-8-6-7-13-30-25(33)31(23-16-21(28)15-22(29)17-23)24(32)26(30,3)18-19-9-11-20(27)12-10-19/h9-12,15-17H,4-8,13-14,18H2,1-3H3/t26-/m1/s1. The number of urea groups is 1. The normalized spacial score (nSPS) is 18.2. The lowest BCUT2D eigenvalue weighted by Gasteiger charge is -2.32. The number of unbranched alkanes of at least 4 members (excludes halogenated alkanes) is 2. The molecule has 1 fully saturated rings. The van der Waals surface area contributed by atoms with Crippen LogP contribution in [0.3, 0.4) is 0 Å². The van der Waals surface area contributed by atoms with Gasteiger partial charge >= 0.3 is 13.6 Å². The molecule has 11 heteroatoms. The lowest BCUT2D eigenvalue weighted by Crippen LogP contribution is -2.49. The minimum absolute atomic E-state index is 0.310. The first-order valence-corrected chi connectivity index (χ1v) is 15.6. The highest BCUT2D eigenvalue weighted by atomic mass is 79.9. The van der Waals surface area contributed by atoms with E-state index < -0.39 is 19.2 Å². The number of carbonyl (C=O) groups excluding carboxylic acids is 2. The Bertz CT molecular complexity index is 1140. The predicted molar refractivity (Wildman–Crippen MR) is 152 cm³/mol. The zero-order chi connectivity index (χ0) is 27.2. The molecule has 1 aliphatic rings. The van der Waals surface area contributed by atoms with Gasteiger partial charge in [-0.15, -0.1) is 0 Å². The second-order valence-electron chi connectivity index (χ2n) is 9.01. The summed E-state index contributed by atoms with van der Waals surface area (Å²) in [7, 11) is -3.11. The van der Waals surface area contributed by atoms with E-state index in [9.17, 15) is 14.2 Å². The molecule has 1 saturated heterocycles. The van der Waals surface area contributed by atoms with E-state index in [2.05, 4.69) is 15.9 Å². The van der Waals surface area contributed by atoms with E-state index in [4.69, 9.17) is 32.2 Å². The Balaban J connectivity index is 1.80. The third kappa shape index (κ3) is 7.37. The molecule has 0 unspecified atom stereocenters. The topological polar surface area (TPSA) is 76.2 Å². The highest BCUT2D eigenvalue weighted by Gasteiger charge is 2.54. The van der Waals surface area contributed by atoms with Gasteiger partial charge in [0, 0.05) is 27.5 Å². The molecule has 202 valence electrons. The largest absolute Gasteiger partial charge is 0.332 e. The summed E-state index contributed by atoms with van der Waals surface area (Å²) in [4.78, 5) is 30.2. The molecule has 1 heterocycles. The van der Waals surface area contributed by atoms with Crippen LogP contribution in [0.4, 0.5) is 10.5 Å². The van der Waals surface area contributed by atoms with Gasteiger partial charge in [0.2, 0.25) is 0 Å². The average molecular weight is 634 g/mol. The molecule has 0 saturated carbocycles. The van der Waals surface area contributed by atoms with Crippen molar-refractivity contribution in [2.45, 2.75) is 52.0 Å². The summed E-state index contributed by atoms with van der Waals surface area (Å²) >= 11 is 15.8. The predicted octanol–water partition coefficient (Wildman–Crippen LogP) is 7.96. The molecule has 3 rings (SSSR count). The Morgan fingerprint density at radius 3 is 2.11 bits per heavy atom. The fourth-order valence-electron chi connectivity index (χ4n) is 4.50. The Morgan fingerprint density at radius 1 is 0.946 bits per heavy atom. The van der Waals surface area contributed by atoms with Gasteiger partial charge < -0.3 is 13.9 Å². The molecule has 2 aromatic rings. The van der Waals surface area contributed by atoms with Crippen LogP contribution < -0.4 is 4.90 Å². The summed E-state index contributed by atoms with van der Waals surface area (Å²) in [6, 6.07) is 11.9. The molecule has 7 nitrogen and oxygen atoms in total. The van der Waals surface area contributed by atoms with Gasteiger partial charge in [-0.25, -0.2) is 9.69 Å². The van der Waals surface area contributed by atoms with Crippen molar-refractivity contribution in [2.24, 2.45) is 0 Å². The molecule has 0 N–H and O–H groups in total. The molecule has 0 spiro atoms. The number of anilines is 1. The number of imide groups is 1. The number of nitrogens with zero attached hydrogens (tertiary/aromatic N) is 2. The fraction of sp³-hybridized carbons (Fsp3) is 0.462. The van der Waals surface area contributed by atoms with Gasteiger partial charge in [-0.1, -0.05) is 57.7 Å². The minimum Gasteiger partial charge on any atom is -0.309 e. The van der Waals surface area contributed by atoms with Gasteiger partial charge in [-0.05, 0) is 69.5 Å². The van der Waals surface area contributed by atoms with Crippen molar-refractivity contribution in [3.8, 4) is 0 Å². The van der Waals surface area contributed by atoms with Crippen LogP contribution in [0.5, 0.6) is 0 Å². The van der Waals surface area contributed by atoms with Gasteiger partial charge in [0.05, 0.1) is 25.1 Å². The SMILES string of the molecule is CCOP(=O)(CCCCCN1C(=O)N(c2cc(Cl)cc(Cl)c2)C(=O)[C@@]1(C)Cc1ccc(Br)cc1)OCC. The van der Waals surface area contributed by atoms with Crippen molar-refractivity contribution >= 4 is 64.4 Å². The summed E-state index contributed by atoms with van der Waals surface area (Å²) < 4.78 is 24.4. The van der Waals surface area contributed by atoms with Gasteiger partial charge in [0.25, 0.3) is 5.91 Å². The highest BCUT2D eigenvalue weighted by Crippen LogP contribution is 2.48. The zero-order valence-corrected chi connectivity index (χ0v) is 25.2. The second kappa shape index (κ2) is 13.1. The van der Waals surface area contributed by atoms with Crippen LogP contribution in [0.25, 0.3) is 0 Å². The van der Waals surface area contributed by atoms with Crippen LogP contribution in [0.1, 0.15) is 45.6 Å². The Labute approximate surface area is 237 Å². The number of rotatable bonds is 13. The van der Waals surface area contributed by atoms with Crippen LogP contribution in [0.2, 0.25) is 10.0 Å². The van der Waals surface area contributed by atoms with Gasteiger partial charge in [0.1, 0.15) is 5.54 Å². The Kier molecular flexibility index (Phi) is 10.7. The first-order valence-electron chi connectivity index (χ1n) is 12.3. The van der Waals surface area contributed by atoms with E-state index in [0.29, 0.717) is 67.3 Å². The second-order valence-corrected chi connectivity index (χ2v) is 13.0. The molecule has 2 aromatic carbocycles. The number of amides is 3. The van der Waals surface area contributed by atoms with Crippen LogP contribution in [0, 0.1) is 0 Å². The molecule has 1 atom stereocenters. The number of carbonyl (C=O) groups is 2. The monoisotopic (exact) mass is 632 g/mol. The van der Waals surface area contributed by atoms with Gasteiger partial charge in [-0.3, -0.25) is 9.36 Å². The quantitative estimate of drug-likeness (QED) is 0.127. The molecule has 0 radical (unpaired) electrons. The highest BCUT2D eigenvalue weighted by molar-refractivity contribution is 9.10. The van der Waals surface area contributed by atoms with E-state index in [1.165, 1.54) is 0 Å². The van der Waals surface area contributed by atoms with Crippen molar-refractivity contribution in [1.82, 2.24) is 4.90 Å². The van der Waals surface area contributed by atoms with Crippen molar-refractivity contribution in [3.63, 3.8) is 0 Å². The molecule has 37 heavy (non-hydrogen) atoms. The van der Waals surface area contributed by atoms with Crippen molar-refractivity contribution < 1.29 is 23.2 Å². The lowest BCUT2D eigenvalue weighted by molar-refractivity contribution is -0.124. The lowest BCUT2D eigenvalue weighted by atomic mass is 9.91. The minimum atomic E-state index is -3.11. The molecular weight excluding hydrogens is 602 g/mol. The van der Waals surface area contributed by atoms with E-state index in [0.717, 1.165) is 14.9 Å². The first kappa shape index (κ1) is 30.1. The average Bonchev–Trinajstić information content (AvgIpc) is 3.00. The van der Waals surface area contributed by atoms with Gasteiger partial charge in [0.15, 0.2) is 0 Å². The van der Waals surface area contributed by atoms with Crippen LogP contribution in [-0.2, 0) is 24.8 Å². The summed E-state index contributed by atoms with van der Waals surface area (Å²) in [5, 5.41) is 0.674. The van der Waals surface area contributed by atoms with E-state index in [-0.39, 0.29) is 5.91 Å². The number of benzene rings is 2. The maximum atomic E-state index is 13.8. The van der Waals surface area contributed by atoms with Crippen LogP contribution >= 0.6 is 46.7 Å². The summed E-state index contributed by atoms with van der Waals surface area (Å²) in [5.74, 6) is -0.337. The molecule has 0 bridgehead atoms. The third-order valence-electron chi connectivity index (χ3n) is 6.21. The number of hydrogen-bond acceptors (Lipinski definition) is 5. The summed E-state index contributed by atoms with van der Waals surface area (Å²) in [6.45, 7) is 6.36. The zero-order valence-electron chi connectivity index (χ0n) is 21.2. The molecule has 0 aliphatic carbocycles. The molecule has 0 aromatic heterocycles. The number of hydrogen-bond donors (Lipinski definition) is 0. The van der Waals surface area contributed by atoms with E-state index >= 15 is 0 Å². The Morgan fingerprint density at radius 2 is 1.54 bits per heavy atom. The Hall–Kier alpha value is -1.41. The molecule has 3 amide bonds. The van der Waals surface area contributed by atoms with Crippen molar-refractivity contribution in [3.05, 3.63) is 62.5 Å².